The van der Waals surface area contributed by atoms with Gasteiger partial charge >= 0.3 is 11.9 Å². The van der Waals surface area contributed by atoms with Crippen molar-refractivity contribution in [3.05, 3.63) is 29.3 Å². The third kappa shape index (κ3) is 6.29. The smallest absolute Gasteiger partial charge is 0.339 e. The summed E-state index contributed by atoms with van der Waals surface area (Å²) in [6.45, 7) is 4.47. The monoisotopic (exact) mass is 294 g/mol. The van der Waals surface area contributed by atoms with Crippen LogP contribution in [0.1, 0.15) is 48.5 Å². The fraction of sp³-hybridized carbons (Fsp3) is 0.500. The second kappa shape index (κ2) is 9.00. The molecule has 21 heavy (non-hydrogen) atoms. The Kier molecular flexibility index (Phi) is 7.29. The van der Waals surface area contributed by atoms with Crippen LogP contribution in [0.25, 0.3) is 0 Å². The van der Waals surface area contributed by atoms with Gasteiger partial charge in [-0.25, -0.2) is 4.79 Å². The number of carboxylic acids is 1. The number of benzene rings is 1. The number of esters is 1. The fourth-order valence-corrected chi connectivity index (χ4v) is 1.90. The highest BCUT2D eigenvalue weighted by Crippen LogP contribution is 2.20. The van der Waals surface area contributed by atoms with Gasteiger partial charge in [0.15, 0.2) is 0 Å². The summed E-state index contributed by atoms with van der Waals surface area (Å²) in [4.78, 5) is 22.2. The van der Waals surface area contributed by atoms with Crippen molar-refractivity contribution in [2.45, 2.75) is 39.5 Å². The number of carboxylic acid groups (broad SMARTS) is 1. The van der Waals surface area contributed by atoms with E-state index in [1.807, 2.05) is 13.0 Å². The van der Waals surface area contributed by atoms with Crippen molar-refractivity contribution >= 4 is 11.9 Å². The molecular weight excluding hydrogens is 272 g/mol. The molecule has 0 saturated carbocycles. The third-order valence-electron chi connectivity index (χ3n) is 2.95. The van der Waals surface area contributed by atoms with E-state index in [0.29, 0.717) is 25.4 Å². The summed E-state index contributed by atoms with van der Waals surface area (Å²) in [5, 5.41) is 9.11. The lowest BCUT2D eigenvalue weighted by Gasteiger charge is -2.09. The average Bonchev–Trinajstić information content (AvgIpc) is 2.44. The summed E-state index contributed by atoms with van der Waals surface area (Å²) in [5.41, 5.74) is 1.07. The second-order valence-electron chi connectivity index (χ2n) is 4.77. The number of aryl methyl sites for hydroxylation is 1. The van der Waals surface area contributed by atoms with E-state index in [1.54, 1.807) is 19.1 Å². The molecule has 0 saturated heterocycles. The van der Waals surface area contributed by atoms with Gasteiger partial charge in [0, 0.05) is 6.42 Å². The molecule has 0 radical (unpaired) electrons. The maximum absolute atomic E-state index is 11.1. The molecule has 1 N–H and O–H groups in total. The largest absolute Gasteiger partial charge is 0.493 e. The topological polar surface area (TPSA) is 72.8 Å². The lowest BCUT2D eigenvalue weighted by Crippen LogP contribution is -2.06. The second-order valence-corrected chi connectivity index (χ2v) is 4.77. The van der Waals surface area contributed by atoms with Gasteiger partial charge in [0.2, 0.25) is 0 Å². The predicted molar refractivity (Wildman–Crippen MR) is 78.7 cm³/mol. The Balaban J connectivity index is 2.30. The summed E-state index contributed by atoms with van der Waals surface area (Å²) >= 11 is 0. The van der Waals surface area contributed by atoms with E-state index in [9.17, 15) is 9.59 Å². The maximum atomic E-state index is 11.1. The van der Waals surface area contributed by atoms with Crippen LogP contribution in [0.3, 0.4) is 0 Å². The molecule has 116 valence electrons. The van der Waals surface area contributed by atoms with Gasteiger partial charge in [0.1, 0.15) is 11.3 Å². The van der Waals surface area contributed by atoms with Crippen molar-refractivity contribution in [2.75, 3.05) is 13.2 Å². The van der Waals surface area contributed by atoms with Gasteiger partial charge in [-0.3, -0.25) is 4.79 Å². The van der Waals surface area contributed by atoms with Crippen LogP contribution >= 0.6 is 0 Å². The lowest BCUT2D eigenvalue weighted by molar-refractivity contribution is -0.143. The van der Waals surface area contributed by atoms with Crippen LogP contribution in [0.4, 0.5) is 0 Å². The van der Waals surface area contributed by atoms with Gasteiger partial charge < -0.3 is 14.6 Å². The highest BCUT2D eigenvalue weighted by molar-refractivity contribution is 5.91. The fourth-order valence-electron chi connectivity index (χ4n) is 1.90. The Labute approximate surface area is 124 Å². The number of carbonyl (C=O) groups is 2. The summed E-state index contributed by atoms with van der Waals surface area (Å²) in [5.74, 6) is -0.778. The minimum absolute atomic E-state index is 0.176. The Morgan fingerprint density at radius 2 is 1.95 bits per heavy atom. The van der Waals surface area contributed by atoms with Crippen molar-refractivity contribution in [1.29, 1.82) is 0 Å². The van der Waals surface area contributed by atoms with E-state index in [2.05, 4.69) is 0 Å². The first-order chi connectivity index (χ1) is 10.0. The number of hydrogen-bond donors (Lipinski definition) is 1. The molecule has 5 heteroatoms. The first kappa shape index (κ1) is 17.0. The minimum atomic E-state index is -0.990. The molecular formula is C16H22O5. The molecule has 1 aromatic rings. The van der Waals surface area contributed by atoms with Crippen molar-refractivity contribution in [3.8, 4) is 5.75 Å². The van der Waals surface area contributed by atoms with Gasteiger partial charge in [-0.1, -0.05) is 11.6 Å². The normalized spacial score (nSPS) is 10.2. The van der Waals surface area contributed by atoms with E-state index in [-0.39, 0.29) is 11.5 Å². The molecule has 1 rings (SSSR count). The number of ether oxygens (including phenoxy) is 2. The van der Waals surface area contributed by atoms with E-state index in [1.165, 1.54) is 0 Å². The van der Waals surface area contributed by atoms with Gasteiger partial charge in [-0.2, -0.15) is 0 Å². The molecule has 0 spiro atoms. The zero-order valence-electron chi connectivity index (χ0n) is 12.6. The summed E-state index contributed by atoms with van der Waals surface area (Å²) in [6.07, 6.45) is 2.78. The van der Waals surface area contributed by atoms with Gasteiger partial charge in [-0.05, 0) is 45.2 Å². The van der Waals surface area contributed by atoms with Crippen molar-refractivity contribution in [2.24, 2.45) is 0 Å². The molecule has 1 aromatic carbocycles. The molecule has 0 aliphatic rings. The molecule has 0 aromatic heterocycles. The zero-order valence-corrected chi connectivity index (χ0v) is 12.6. The molecule has 0 amide bonds. The highest BCUT2D eigenvalue weighted by Gasteiger charge is 2.11. The van der Waals surface area contributed by atoms with E-state index in [4.69, 9.17) is 14.6 Å². The van der Waals surface area contributed by atoms with Crippen LogP contribution in [0.15, 0.2) is 18.2 Å². The molecule has 5 nitrogen and oxygen atoms in total. The minimum Gasteiger partial charge on any atom is -0.493 e. The number of hydrogen-bond acceptors (Lipinski definition) is 4. The summed E-state index contributed by atoms with van der Waals surface area (Å²) < 4.78 is 10.3. The summed E-state index contributed by atoms with van der Waals surface area (Å²) in [7, 11) is 0. The van der Waals surface area contributed by atoms with Gasteiger partial charge in [-0.15, -0.1) is 0 Å². The Bertz CT molecular complexity index is 482. The number of aromatic carboxylic acids is 1. The molecule has 0 unspecified atom stereocenters. The highest BCUT2D eigenvalue weighted by atomic mass is 16.5. The van der Waals surface area contributed by atoms with Crippen molar-refractivity contribution in [3.63, 3.8) is 0 Å². The van der Waals surface area contributed by atoms with Crippen LogP contribution in [-0.4, -0.2) is 30.3 Å². The van der Waals surface area contributed by atoms with Crippen LogP contribution in [0.5, 0.6) is 5.75 Å². The Morgan fingerprint density at radius 3 is 2.62 bits per heavy atom. The van der Waals surface area contributed by atoms with Crippen molar-refractivity contribution in [1.82, 2.24) is 0 Å². The quantitative estimate of drug-likeness (QED) is 0.559. The number of carbonyl (C=O) groups excluding carboxylic acids is 1. The molecule has 0 fully saturated rings. The molecule has 0 atom stereocenters. The molecule has 0 aliphatic heterocycles. The zero-order chi connectivity index (χ0) is 15.7. The van der Waals surface area contributed by atoms with Crippen LogP contribution < -0.4 is 4.74 Å². The first-order valence-corrected chi connectivity index (χ1v) is 7.17. The Morgan fingerprint density at radius 1 is 1.19 bits per heavy atom. The van der Waals surface area contributed by atoms with Crippen LogP contribution in [-0.2, 0) is 9.53 Å². The lowest BCUT2D eigenvalue weighted by atomic mass is 10.1. The van der Waals surface area contributed by atoms with E-state index >= 15 is 0 Å². The Hall–Kier alpha value is -2.04. The first-order valence-electron chi connectivity index (χ1n) is 7.17. The molecule has 0 bridgehead atoms. The molecule has 0 heterocycles. The van der Waals surface area contributed by atoms with E-state index < -0.39 is 5.97 Å². The van der Waals surface area contributed by atoms with Crippen molar-refractivity contribution < 1.29 is 24.2 Å². The standard InChI is InChI=1S/C16H22O5/c1-3-20-15(17)7-5-4-6-10-21-14-9-8-12(2)11-13(14)16(18)19/h8-9,11H,3-7,10H2,1-2H3,(H,18,19). The summed E-state index contributed by atoms with van der Waals surface area (Å²) in [6, 6.07) is 5.10. The van der Waals surface area contributed by atoms with Gasteiger partial charge in [0.25, 0.3) is 0 Å². The number of unbranched alkanes of at least 4 members (excludes halogenated alkanes) is 2. The van der Waals surface area contributed by atoms with Crippen LogP contribution in [0, 0.1) is 6.92 Å². The van der Waals surface area contributed by atoms with E-state index in [0.717, 1.165) is 24.8 Å². The predicted octanol–water partition coefficient (Wildman–Crippen LogP) is 3.20. The maximum Gasteiger partial charge on any atom is 0.339 e. The molecule has 0 aliphatic carbocycles. The third-order valence-corrected chi connectivity index (χ3v) is 2.95. The number of rotatable bonds is 9. The average molecular weight is 294 g/mol. The van der Waals surface area contributed by atoms with Crippen LogP contribution in [0.2, 0.25) is 0 Å². The van der Waals surface area contributed by atoms with Gasteiger partial charge in [0.05, 0.1) is 13.2 Å². The SMILES string of the molecule is CCOC(=O)CCCCCOc1ccc(C)cc1C(=O)O.